The molecule has 0 amide bonds. The van der Waals surface area contributed by atoms with Gasteiger partial charge in [0.1, 0.15) is 11.1 Å². The van der Waals surface area contributed by atoms with Gasteiger partial charge in [-0.1, -0.05) is 36.4 Å². The number of nitro groups is 1. The molecule has 0 spiro atoms. The summed E-state index contributed by atoms with van der Waals surface area (Å²) >= 11 is 0. The number of piperazine rings is 1. The van der Waals surface area contributed by atoms with E-state index in [1.54, 1.807) is 13.1 Å². The standard InChI is InChI=1S/C25H32FN5O4S/c1-19-8-11-24(20-6-4-3-5-7-20)36(34,35)30(19)17-21-9-10-22(16-23(21)26)28-12-14-29(15-13-28)25(27-2)18-31(32)33/h3-7,9-10,16,18-19,24,27H,8,11-15,17H2,1-2H3/t19-,24?/m0/s1. The lowest BCUT2D eigenvalue weighted by Crippen LogP contribution is -2.48. The molecule has 2 saturated heterocycles. The molecular formula is C25H32FN5O4S. The number of halogens is 1. The Morgan fingerprint density at radius 3 is 2.44 bits per heavy atom. The summed E-state index contributed by atoms with van der Waals surface area (Å²) in [5.41, 5.74) is 1.81. The molecule has 2 aromatic carbocycles. The molecule has 11 heteroatoms. The third-order valence-corrected chi connectivity index (χ3v) is 9.40. The minimum Gasteiger partial charge on any atom is -0.370 e. The highest BCUT2D eigenvalue weighted by Crippen LogP contribution is 2.38. The third kappa shape index (κ3) is 5.46. The van der Waals surface area contributed by atoms with Gasteiger partial charge in [0.05, 0.1) is 4.92 Å². The van der Waals surface area contributed by atoms with Gasteiger partial charge in [-0.25, -0.2) is 12.8 Å². The van der Waals surface area contributed by atoms with E-state index in [-0.39, 0.29) is 12.6 Å². The zero-order chi connectivity index (χ0) is 25.9. The Labute approximate surface area is 211 Å². The molecule has 1 unspecified atom stereocenters. The lowest BCUT2D eigenvalue weighted by Gasteiger charge is -2.38. The normalized spacial score (nSPS) is 22.9. The molecule has 1 N–H and O–H groups in total. The van der Waals surface area contributed by atoms with Crippen LogP contribution in [0.5, 0.6) is 0 Å². The maximum Gasteiger partial charge on any atom is 0.274 e. The zero-order valence-electron chi connectivity index (χ0n) is 20.5. The summed E-state index contributed by atoms with van der Waals surface area (Å²) in [6.07, 6.45) is 2.20. The monoisotopic (exact) mass is 517 g/mol. The van der Waals surface area contributed by atoms with E-state index in [0.717, 1.165) is 11.8 Å². The van der Waals surface area contributed by atoms with Crippen molar-refractivity contribution in [3.05, 3.63) is 87.6 Å². The highest BCUT2D eigenvalue weighted by atomic mass is 32.2. The fraction of sp³-hybridized carbons (Fsp3) is 0.440. The lowest BCUT2D eigenvalue weighted by atomic mass is 10.0. The van der Waals surface area contributed by atoms with E-state index >= 15 is 4.39 Å². The highest BCUT2D eigenvalue weighted by molar-refractivity contribution is 7.89. The molecule has 4 rings (SSSR count). The summed E-state index contributed by atoms with van der Waals surface area (Å²) in [6.45, 7) is 4.11. The van der Waals surface area contributed by atoms with Crippen molar-refractivity contribution < 1.29 is 17.7 Å². The Kier molecular flexibility index (Phi) is 7.79. The van der Waals surface area contributed by atoms with Crippen molar-refractivity contribution >= 4 is 15.7 Å². The van der Waals surface area contributed by atoms with Gasteiger partial charge >= 0.3 is 0 Å². The topological polar surface area (TPSA) is 99.0 Å². The molecule has 36 heavy (non-hydrogen) atoms. The van der Waals surface area contributed by atoms with Gasteiger partial charge in [-0.05, 0) is 37.5 Å². The van der Waals surface area contributed by atoms with Crippen molar-refractivity contribution in [2.75, 3.05) is 38.1 Å². The summed E-state index contributed by atoms with van der Waals surface area (Å²) in [5, 5.41) is 13.1. The first-order valence-corrected chi connectivity index (χ1v) is 13.6. The third-order valence-electron chi connectivity index (χ3n) is 7.03. The first kappa shape index (κ1) is 25.9. The molecule has 2 aliphatic heterocycles. The Morgan fingerprint density at radius 2 is 1.83 bits per heavy atom. The molecule has 0 saturated carbocycles. The van der Waals surface area contributed by atoms with Crippen LogP contribution in [-0.2, 0) is 16.6 Å². The first-order valence-electron chi connectivity index (χ1n) is 12.1. The van der Waals surface area contributed by atoms with Crippen molar-refractivity contribution in [3.8, 4) is 0 Å². The van der Waals surface area contributed by atoms with Gasteiger partial charge in [0, 0.05) is 57.1 Å². The van der Waals surface area contributed by atoms with E-state index < -0.39 is 26.0 Å². The molecule has 0 aliphatic carbocycles. The molecule has 0 radical (unpaired) electrons. The van der Waals surface area contributed by atoms with Crippen LogP contribution in [0.1, 0.15) is 36.1 Å². The second kappa shape index (κ2) is 10.8. The average molecular weight is 518 g/mol. The second-order valence-corrected chi connectivity index (χ2v) is 11.3. The Balaban J connectivity index is 1.46. The number of rotatable bonds is 7. The number of nitrogens with zero attached hydrogens (tertiary/aromatic N) is 4. The van der Waals surface area contributed by atoms with Crippen LogP contribution in [0.4, 0.5) is 10.1 Å². The summed E-state index contributed by atoms with van der Waals surface area (Å²) in [7, 11) is -2.01. The van der Waals surface area contributed by atoms with Gasteiger partial charge in [-0.3, -0.25) is 10.1 Å². The molecule has 2 atom stereocenters. The SMILES string of the molecule is CNC(=C[N+](=O)[O-])N1CCN(c2ccc(CN3[C@@H](C)CCC(c4ccccc4)S3(=O)=O)c(F)c2)CC1. The van der Waals surface area contributed by atoms with E-state index in [1.807, 2.05) is 53.1 Å². The average Bonchev–Trinajstić information content (AvgIpc) is 2.86. The Bertz CT molecular complexity index is 1220. The minimum atomic E-state index is -3.65. The van der Waals surface area contributed by atoms with Crippen molar-refractivity contribution in [1.29, 1.82) is 0 Å². The number of nitrogens with one attached hydrogen (secondary N) is 1. The molecule has 9 nitrogen and oxygen atoms in total. The van der Waals surface area contributed by atoms with E-state index in [2.05, 4.69) is 5.32 Å². The summed E-state index contributed by atoms with van der Waals surface area (Å²) in [5.74, 6) is -0.00447. The molecule has 2 aromatic rings. The summed E-state index contributed by atoms with van der Waals surface area (Å²) in [6, 6.07) is 13.9. The van der Waals surface area contributed by atoms with Crippen molar-refractivity contribution in [3.63, 3.8) is 0 Å². The zero-order valence-corrected chi connectivity index (χ0v) is 21.3. The second-order valence-electron chi connectivity index (χ2n) is 9.22. The predicted octanol–water partition coefficient (Wildman–Crippen LogP) is 3.30. The highest BCUT2D eigenvalue weighted by Gasteiger charge is 2.40. The number of hydrogen-bond donors (Lipinski definition) is 1. The lowest BCUT2D eigenvalue weighted by molar-refractivity contribution is -0.404. The van der Waals surface area contributed by atoms with Gasteiger partial charge in [-0.2, -0.15) is 4.31 Å². The number of anilines is 1. The van der Waals surface area contributed by atoms with Crippen LogP contribution in [0.15, 0.2) is 60.6 Å². The molecule has 2 aliphatic rings. The number of benzene rings is 2. The van der Waals surface area contributed by atoms with E-state index in [0.29, 0.717) is 56.1 Å². The van der Waals surface area contributed by atoms with Gasteiger partial charge in [0.25, 0.3) is 6.20 Å². The van der Waals surface area contributed by atoms with Crippen LogP contribution < -0.4 is 10.2 Å². The van der Waals surface area contributed by atoms with Gasteiger partial charge in [0.15, 0.2) is 5.82 Å². The molecule has 2 heterocycles. The quantitative estimate of drug-likeness (QED) is 0.444. The smallest absolute Gasteiger partial charge is 0.274 e. The fourth-order valence-corrected chi connectivity index (χ4v) is 7.18. The van der Waals surface area contributed by atoms with Crippen molar-refractivity contribution in [2.24, 2.45) is 0 Å². The number of sulfonamides is 1. The fourth-order valence-electron chi connectivity index (χ4n) is 4.99. The van der Waals surface area contributed by atoms with Crippen molar-refractivity contribution in [2.45, 2.75) is 37.6 Å². The summed E-state index contributed by atoms with van der Waals surface area (Å²) < 4.78 is 43.6. The van der Waals surface area contributed by atoms with E-state index in [9.17, 15) is 18.5 Å². The van der Waals surface area contributed by atoms with Crippen LogP contribution in [-0.4, -0.2) is 61.8 Å². The van der Waals surface area contributed by atoms with Crippen LogP contribution in [0, 0.1) is 15.9 Å². The Hall–Kier alpha value is -3.18. The van der Waals surface area contributed by atoms with Crippen molar-refractivity contribution in [1.82, 2.24) is 14.5 Å². The largest absolute Gasteiger partial charge is 0.370 e. The van der Waals surface area contributed by atoms with Crippen LogP contribution in [0.3, 0.4) is 0 Å². The van der Waals surface area contributed by atoms with Gasteiger partial charge < -0.3 is 15.1 Å². The molecule has 0 aromatic heterocycles. The maximum atomic E-state index is 15.2. The van der Waals surface area contributed by atoms with Crippen LogP contribution >= 0.6 is 0 Å². The molecule has 0 bridgehead atoms. The maximum absolute atomic E-state index is 15.2. The van der Waals surface area contributed by atoms with Gasteiger partial charge in [-0.15, -0.1) is 0 Å². The minimum absolute atomic E-state index is 0.00998. The number of hydrogen-bond acceptors (Lipinski definition) is 7. The van der Waals surface area contributed by atoms with Crippen LogP contribution in [0.25, 0.3) is 0 Å². The van der Waals surface area contributed by atoms with Crippen LogP contribution in [0.2, 0.25) is 0 Å². The molecular weight excluding hydrogens is 485 g/mol. The van der Waals surface area contributed by atoms with Gasteiger partial charge in [0.2, 0.25) is 10.0 Å². The van der Waals surface area contributed by atoms with E-state index in [4.69, 9.17) is 0 Å². The summed E-state index contributed by atoms with van der Waals surface area (Å²) in [4.78, 5) is 14.2. The predicted molar refractivity (Wildman–Crippen MR) is 137 cm³/mol. The first-order chi connectivity index (χ1) is 17.2. The molecule has 2 fully saturated rings. The van der Waals surface area contributed by atoms with E-state index in [1.165, 1.54) is 10.4 Å². The Morgan fingerprint density at radius 1 is 1.14 bits per heavy atom. The molecule has 194 valence electrons.